The van der Waals surface area contributed by atoms with Gasteiger partial charge in [-0.3, -0.25) is 4.79 Å². The van der Waals surface area contributed by atoms with E-state index >= 15 is 0 Å². The Morgan fingerprint density at radius 3 is 2.00 bits per heavy atom. The van der Waals surface area contributed by atoms with Gasteiger partial charge in [-0.15, -0.1) is 0 Å². The lowest BCUT2D eigenvalue weighted by Crippen LogP contribution is -2.19. The molecule has 1 fully saturated rings. The van der Waals surface area contributed by atoms with E-state index in [1.165, 1.54) is 110 Å². The molecular weight excluding hydrogens is 728 g/mol. The number of halogens is 1. The number of phenolic OH excluding ortho intramolecular Hbond substituents is 1. The molecule has 0 saturated heterocycles. The molecule has 0 heterocycles. The van der Waals surface area contributed by atoms with Gasteiger partial charge in [-0.25, -0.2) is 4.39 Å². The number of carbonyl (C=O) groups is 1. The monoisotopic (exact) mass is 807 g/mol. The Hall–Kier alpha value is -4.22. The maximum absolute atomic E-state index is 13.1. The van der Waals surface area contributed by atoms with Crippen LogP contribution >= 0.6 is 0 Å². The van der Waals surface area contributed by atoms with Crippen molar-refractivity contribution < 1.29 is 14.3 Å². The zero-order valence-corrected chi connectivity index (χ0v) is 38.8. The van der Waals surface area contributed by atoms with Crippen molar-refractivity contribution in [1.29, 1.82) is 0 Å². The topological polar surface area (TPSA) is 52.6 Å². The summed E-state index contributed by atoms with van der Waals surface area (Å²) in [6, 6.07) is 24.7. The van der Waals surface area contributed by atoms with Crippen molar-refractivity contribution in [2.75, 3.05) is 32.5 Å². The average Bonchev–Trinajstić information content (AvgIpc) is 3.22. The van der Waals surface area contributed by atoms with Crippen LogP contribution in [0.25, 0.3) is 16.7 Å². The second-order valence-electron chi connectivity index (χ2n) is 16.6. The van der Waals surface area contributed by atoms with Crippen LogP contribution in [0.2, 0.25) is 0 Å². The molecule has 1 aliphatic rings. The molecule has 1 aliphatic carbocycles. The van der Waals surface area contributed by atoms with Crippen LogP contribution in [0, 0.1) is 18.7 Å². The Morgan fingerprint density at radius 1 is 0.864 bits per heavy atom. The smallest absolute Gasteiger partial charge is 0.150 e. The molecule has 0 amide bonds. The van der Waals surface area contributed by atoms with Crippen molar-refractivity contribution in [1.82, 2.24) is 4.90 Å². The molecule has 4 nitrogen and oxygen atoms in total. The highest BCUT2D eigenvalue weighted by Crippen LogP contribution is 2.46. The summed E-state index contributed by atoms with van der Waals surface area (Å²) >= 11 is 0. The third-order valence-electron chi connectivity index (χ3n) is 11.7. The van der Waals surface area contributed by atoms with Crippen molar-refractivity contribution in [3.05, 3.63) is 124 Å². The highest BCUT2D eigenvalue weighted by atomic mass is 19.1. The van der Waals surface area contributed by atoms with Gasteiger partial charge >= 0.3 is 0 Å². The van der Waals surface area contributed by atoms with E-state index in [4.69, 9.17) is 0 Å². The first-order valence-corrected chi connectivity index (χ1v) is 22.6. The number of nitrogens with zero attached hydrogens (tertiary/aromatic N) is 1. The first kappa shape index (κ1) is 50.9. The lowest BCUT2D eigenvalue weighted by atomic mass is 9.76. The van der Waals surface area contributed by atoms with E-state index in [0.717, 1.165) is 65.8 Å². The standard InChI is InChI=1S/C21H24O.C17H18FNO.C9H20.C7H17N/c1-5-15(2)17(4)21-13-20(7-6-16(21)3)12-18-8-10-19(14-22)11-9-18;1-19-14-9-15(11-3-2-4-11)17(16(20)10-14)12-5-7-13(18)8-6-12;1-4-6-7-8-9(3)5-2;1-4-6-8(3)7-5-2/h6-11,13-14H,5,12H2,1-4H3;5-11,19-20H,2-4H2,1H3;9H,4-8H2,1-3H3;4-7H2,1-3H3/b17-15-;;;. The minimum absolute atomic E-state index is 0.255. The lowest BCUT2D eigenvalue weighted by molar-refractivity contribution is 0.112. The largest absolute Gasteiger partial charge is 0.507 e. The first-order chi connectivity index (χ1) is 28.3. The van der Waals surface area contributed by atoms with Crippen molar-refractivity contribution in [2.45, 2.75) is 145 Å². The van der Waals surface area contributed by atoms with Crippen LogP contribution in [-0.2, 0) is 6.42 Å². The first-order valence-electron chi connectivity index (χ1n) is 22.6. The van der Waals surface area contributed by atoms with Gasteiger partial charge in [0.1, 0.15) is 17.9 Å². The molecule has 1 unspecified atom stereocenters. The molecule has 324 valence electrons. The average molecular weight is 807 g/mol. The molecule has 59 heavy (non-hydrogen) atoms. The fraction of sp³-hybridized carbons (Fsp3) is 0.500. The number of hydrogen-bond acceptors (Lipinski definition) is 4. The normalized spacial score (nSPS) is 13.0. The van der Waals surface area contributed by atoms with Crippen LogP contribution in [0.15, 0.2) is 84.4 Å². The summed E-state index contributed by atoms with van der Waals surface area (Å²) < 4.78 is 13.1. The lowest BCUT2D eigenvalue weighted by Gasteiger charge is -2.29. The van der Waals surface area contributed by atoms with E-state index in [9.17, 15) is 14.3 Å². The van der Waals surface area contributed by atoms with Gasteiger partial charge < -0.3 is 15.3 Å². The summed E-state index contributed by atoms with van der Waals surface area (Å²) in [4.78, 5) is 13.1. The van der Waals surface area contributed by atoms with Crippen LogP contribution in [0.5, 0.6) is 5.75 Å². The fourth-order valence-electron chi connectivity index (χ4n) is 7.22. The number of carbonyl (C=O) groups excluding carboxylic acids is 1. The van der Waals surface area contributed by atoms with Crippen LogP contribution in [0.1, 0.15) is 170 Å². The molecule has 0 bridgehead atoms. The molecule has 0 spiro atoms. The van der Waals surface area contributed by atoms with Crippen molar-refractivity contribution >= 4 is 17.5 Å². The van der Waals surface area contributed by atoms with Crippen molar-refractivity contribution in [3.8, 4) is 16.9 Å². The Balaban J connectivity index is 0.000000297. The molecule has 5 rings (SSSR count). The van der Waals surface area contributed by atoms with Crippen LogP contribution in [0.4, 0.5) is 10.1 Å². The summed E-state index contributed by atoms with van der Waals surface area (Å²) in [5.41, 5.74) is 12.5. The minimum Gasteiger partial charge on any atom is -0.507 e. The summed E-state index contributed by atoms with van der Waals surface area (Å²) in [7, 11) is 4.02. The summed E-state index contributed by atoms with van der Waals surface area (Å²) in [6.45, 7) is 22.6. The summed E-state index contributed by atoms with van der Waals surface area (Å²) in [6.07, 6.45) is 16.0. The number of unbranched alkanes of at least 4 members (excludes halogenated alkanes) is 2. The van der Waals surface area contributed by atoms with Gasteiger partial charge in [0, 0.05) is 29.9 Å². The number of aldehydes is 1. The van der Waals surface area contributed by atoms with Gasteiger partial charge in [0.2, 0.25) is 0 Å². The SMILES string of the molecule is CC/C(C)=C(/C)c1cc(Cc2ccc(C=O)cc2)ccc1C.CCCCCC(C)CC.CCCN(C)CCC.CNc1cc(O)c(-c2ccc(F)cc2)c(C2CCC2)c1. The fourth-order valence-corrected chi connectivity index (χ4v) is 7.22. The number of aromatic hydroxyl groups is 1. The minimum atomic E-state index is -0.259. The number of phenols is 1. The van der Waals surface area contributed by atoms with Gasteiger partial charge in [0.15, 0.2) is 0 Å². The Morgan fingerprint density at radius 2 is 1.49 bits per heavy atom. The summed E-state index contributed by atoms with van der Waals surface area (Å²) in [5.74, 6) is 1.45. The predicted molar refractivity (Wildman–Crippen MR) is 256 cm³/mol. The van der Waals surface area contributed by atoms with Crippen LogP contribution in [0.3, 0.4) is 0 Å². The van der Waals surface area contributed by atoms with E-state index < -0.39 is 0 Å². The van der Waals surface area contributed by atoms with Gasteiger partial charge in [-0.05, 0) is 148 Å². The molecule has 0 aromatic heterocycles. The van der Waals surface area contributed by atoms with E-state index in [-0.39, 0.29) is 11.6 Å². The predicted octanol–water partition coefficient (Wildman–Crippen LogP) is 15.5. The number of rotatable bonds is 17. The highest BCUT2D eigenvalue weighted by Gasteiger charge is 2.25. The second kappa shape index (κ2) is 28.3. The van der Waals surface area contributed by atoms with E-state index in [2.05, 4.69) is 104 Å². The van der Waals surface area contributed by atoms with Gasteiger partial charge in [-0.1, -0.05) is 140 Å². The molecular formula is C54H79FN2O2. The Bertz CT molecular complexity index is 1800. The molecule has 4 aromatic carbocycles. The van der Waals surface area contributed by atoms with Crippen LogP contribution < -0.4 is 5.32 Å². The number of anilines is 1. The van der Waals surface area contributed by atoms with Crippen molar-refractivity contribution in [2.24, 2.45) is 5.92 Å². The second-order valence-corrected chi connectivity index (χ2v) is 16.6. The molecule has 5 heteroatoms. The summed E-state index contributed by atoms with van der Waals surface area (Å²) in [5, 5.41) is 13.4. The number of benzene rings is 4. The molecule has 1 saturated carbocycles. The number of aryl methyl sites for hydroxylation is 1. The Labute approximate surface area is 359 Å². The maximum atomic E-state index is 13.1. The Kier molecular flexibility index (Phi) is 24.4. The van der Waals surface area contributed by atoms with E-state index in [1.54, 1.807) is 18.2 Å². The maximum Gasteiger partial charge on any atom is 0.150 e. The molecule has 4 aromatic rings. The molecule has 0 aliphatic heterocycles. The van der Waals surface area contributed by atoms with Gasteiger partial charge in [0.25, 0.3) is 0 Å². The highest BCUT2D eigenvalue weighted by molar-refractivity contribution is 5.78. The van der Waals surface area contributed by atoms with E-state index in [0.29, 0.717) is 5.92 Å². The van der Waals surface area contributed by atoms with Crippen LogP contribution in [-0.4, -0.2) is 43.5 Å². The quantitative estimate of drug-likeness (QED) is 0.0824. The molecule has 2 N–H and O–H groups in total. The zero-order valence-electron chi connectivity index (χ0n) is 38.8. The molecule has 1 atom stereocenters. The molecule has 0 radical (unpaired) electrons. The van der Waals surface area contributed by atoms with E-state index in [1.807, 2.05) is 31.3 Å². The van der Waals surface area contributed by atoms with Crippen molar-refractivity contribution in [3.63, 3.8) is 0 Å². The number of hydrogen-bond donors (Lipinski definition) is 2. The number of allylic oxidation sites excluding steroid dienone is 2. The third-order valence-corrected chi connectivity index (χ3v) is 11.7. The van der Waals surface area contributed by atoms with Gasteiger partial charge in [-0.2, -0.15) is 0 Å². The van der Waals surface area contributed by atoms with Gasteiger partial charge in [0.05, 0.1) is 0 Å². The third kappa shape index (κ3) is 17.9. The zero-order chi connectivity index (χ0) is 43.7. The number of nitrogens with one attached hydrogen (secondary N) is 1.